The van der Waals surface area contributed by atoms with Crippen LogP contribution in [0.25, 0.3) is 0 Å². The van der Waals surface area contributed by atoms with Gasteiger partial charge in [0, 0.05) is 16.6 Å². The highest BCUT2D eigenvalue weighted by Crippen LogP contribution is 2.26. The molecule has 0 fully saturated rings. The predicted octanol–water partition coefficient (Wildman–Crippen LogP) is 3.79. The van der Waals surface area contributed by atoms with Crippen molar-refractivity contribution in [3.05, 3.63) is 33.3 Å². The Balaban J connectivity index is 2.85. The van der Waals surface area contributed by atoms with E-state index in [2.05, 4.69) is 28.2 Å². The summed E-state index contributed by atoms with van der Waals surface area (Å²) in [4.78, 5) is 0. The van der Waals surface area contributed by atoms with Gasteiger partial charge in [0.25, 0.3) is 0 Å². The van der Waals surface area contributed by atoms with E-state index < -0.39 is 0 Å². The van der Waals surface area contributed by atoms with Crippen LogP contribution in [0.15, 0.2) is 22.7 Å². The molecule has 0 aliphatic heterocycles. The molecule has 2 nitrogen and oxygen atoms in total. The van der Waals surface area contributed by atoms with Gasteiger partial charge in [-0.05, 0) is 36.7 Å². The van der Waals surface area contributed by atoms with Crippen molar-refractivity contribution in [1.29, 1.82) is 0 Å². The van der Waals surface area contributed by atoms with Crippen LogP contribution >= 0.6 is 27.5 Å². The van der Waals surface area contributed by atoms with Crippen LogP contribution in [-0.4, -0.2) is 20.3 Å². The molecule has 16 heavy (non-hydrogen) atoms. The van der Waals surface area contributed by atoms with E-state index in [1.54, 1.807) is 7.11 Å². The van der Waals surface area contributed by atoms with Crippen molar-refractivity contribution in [2.75, 3.05) is 20.3 Å². The number of ether oxygens (including phenoxy) is 1. The van der Waals surface area contributed by atoms with Gasteiger partial charge < -0.3 is 10.1 Å². The fourth-order valence-electron chi connectivity index (χ4n) is 1.53. The fourth-order valence-corrected chi connectivity index (χ4v) is 2.15. The Hall–Kier alpha value is -0.0900. The van der Waals surface area contributed by atoms with E-state index in [9.17, 15) is 0 Å². The van der Waals surface area contributed by atoms with Gasteiger partial charge >= 0.3 is 0 Å². The minimum absolute atomic E-state index is 0.148. The number of benzene rings is 1. The van der Waals surface area contributed by atoms with Gasteiger partial charge in [0.15, 0.2) is 0 Å². The van der Waals surface area contributed by atoms with E-state index in [-0.39, 0.29) is 6.04 Å². The summed E-state index contributed by atoms with van der Waals surface area (Å²) in [5, 5.41) is 4.20. The lowest BCUT2D eigenvalue weighted by atomic mass is 10.1. The molecule has 0 heterocycles. The fraction of sp³-hybridized carbons (Fsp3) is 0.500. The van der Waals surface area contributed by atoms with Crippen LogP contribution in [0.5, 0.6) is 0 Å². The third-order valence-electron chi connectivity index (χ3n) is 2.31. The normalized spacial score (nSPS) is 12.8. The highest BCUT2D eigenvalue weighted by Gasteiger charge is 2.14. The number of methoxy groups -OCH3 is 1. The summed E-state index contributed by atoms with van der Waals surface area (Å²) >= 11 is 9.65. The summed E-state index contributed by atoms with van der Waals surface area (Å²) in [6, 6.07) is 6.02. The summed E-state index contributed by atoms with van der Waals surface area (Å²) in [6.07, 6.45) is 1.09. The number of hydrogen-bond donors (Lipinski definition) is 1. The van der Waals surface area contributed by atoms with E-state index in [4.69, 9.17) is 16.3 Å². The first-order valence-corrected chi connectivity index (χ1v) is 6.53. The first-order chi connectivity index (χ1) is 7.69. The Kier molecular flexibility index (Phi) is 6.36. The minimum atomic E-state index is 0.148. The molecule has 1 rings (SSSR count). The van der Waals surface area contributed by atoms with Crippen LogP contribution < -0.4 is 5.32 Å². The van der Waals surface area contributed by atoms with Crippen molar-refractivity contribution >= 4 is 27.5 Å². The molecule has 1 aromatic rings. The molecule has 0 saturated heterocycles. The lowest BCUT2D eigenvalue weighted by Crippen LogP contribution is -2.26. The molecular weight excluding hydrogens is 289 g/mol. The molecule has 0 radical (unpaired) electrons. The van der Waals surface area contributed by atoms with E-state index in [0.717, 1.165) is 28.0 Å². The molecule has 0 saturated carbocycles. The Morgan fingerprint density at radius 3 is 2.88 bits per heavy atom. The molecule has 0 bridgehead atoms. The summed E-state index contributed by atoms with van der Waals surface area (Å²) in [7, 11) is 1.70. The second-order valence-corrected chi connectivity index (χ2v) is 4.95. The quantitative estimate of drug-likeness (QED) is 0.863. The van der Waals surface area contributed by atoms with Gasteiger partial charge in [-0.15, -0.1) is 0 Å². The third-order valence-corrected chi connectivity index (χ3v) is 3.14. The molecule has 90 valence electrons. The number of rotatable bonds is 6. The van der Waals surface area contributed by atoms with Gasteiger partial charge in [0.1, 0.15) is 0 Å². The third kappa shape index (κ3) is 4.06. The Bertz CT molecular complexity index is 333. The van der Waals surface area contributed by atoms with Gasteiger partial charge in [-0.3, -0.25) is 0 Å². The van der Waals surface area contributed by atoms with Crippen molar-refractivity contribution in [3.8, 4) is 0 Å². The molecule has 0 spiro atoms. The highest BCUT2D eigenvalue weighted by molar-refractivity contribution is 9.10. The average Bonchev–Trinajstić information content (AvgIpc) is 2.28. The molecule has 1 aromatic carbocycles. The minimum Gasteiger partial charge on any atom is -0.383 e. The van der Waals surface area contributed by atoms with Crippen LogP contribution in [0.1, 0.15) is 24.9 Å². The summed E-state index contributed by atoms with van der Waals surface area (Å²) < 4.78 is 6.25. The van der Waals surface area contributed by atoms with Crippen LogP contribution in [-0.2, 0) is 4.74 Å². The first-order valence-electron chi connectivity index (χ1n) is 5.36. The maximum atomic E-state index is 6.19. The maximum Gasteiger partial charge on any atom is 0.0658 e. The van der Waals surface area contributed by atoms with Gasteiger partial charge in [0.05, 0.1) is 12.6 Å². The molecule has 0 amide bonds. The SMILES string of the molecule is CCCNC(COC)c1cc(Br)ccc1Cl. The Morgan fingerprint density at radius 2 is 2.25 bits per heavy atom. The molecule has 1 N–H and O–H groups in total. The lowest BCUT2D eigenvalue weighted by molar-refractivity contribution is 0.167. The monoisotopic (exact) mass is 305 g/mol. The standard InChI is InChI=1S/C12H17BrClNO/c1-3-6-15-12(8-16-2)10-7-9(13)4-5-11(10)14/h4-5,7,12,15H,3,6,8H2,1-2H3. The van der Waals surface area contributed by atoms with Crippen molar-refractivity contribution in [2.24, 2.45) is 0 Å². The second kappa shape index (κ2) is 7.28. The van der Waals surface area contributed by atoms with Gasteiger partial charge in [0.2, 0.25) is 0 Å². The van der Waals surface area contributed by atoms with Crippen LogP contribution in [0, 0.1) is 0 Å². The molecular formula is C12H17BrClNO. The summed E-state index contributed by atoms with van der Waals surface area (Å²) in [6.45, 7) is 3.71. The van der Waals surface area contributed by atoms with Gasteiger partial charge in [-0.2, -0.15) is 0 Å². The largest absolute Gasteiger partial charge is 0.383 e. The lowest BCUT2D eigenvalue weighted by Gasteiger charge is -2.19. The Morgan fingerprint density at radius 1 is 1.50 bits per heavy atom. The smallest absolute Gasteiger partial charge is 0.0658 e. The van der Waals surface area contributed by atoms with Crippen LogP contribution in [0.3, 0.4) is 0 Å². The number of halogens is 2. The van der Waals surface area contributed by atoms with E-state index >= 15 is 0 Å². The maximum absolute atomic E-state index is 6.19. The predicted molar refractivity (Wildman–Crippen MR) is 72.1 cm³/mol. The zero-order valence-corrected chi connectivity index (χ0v) is 11.9. The number of hydrogen-bond acceptors (Lipinski definition) is 2. The summed E-state index contributed by atoms with van der Waals surface area (Å²) in [5.74, 6) is 0. The van der Waals surface area contributed by atoms with Crippen molar-refractivity contribution in [3.63, 3.8) is 0 Å². The van der Waals surface area contributed by atoms with Crippen molar-refractivity contribution in [2.45, 2.75) is 19.4 Å². The van der Waals surface area contributed by atoms with E-state index in [1.165, 1.54) is 0 Å². The highest BCUT2D eigenvalue weighted by atomic mass is 79.9. The second-order valence-electron chi connectivity index (χ2n) is 3.63. The molecule has 1 unspecified atom stereocenters. The summed E-state index contributed by atoms with van der Waals surface area (Å²) in [5.41, 5.74) is 1.08. The van der Waals surface area contributed by atoms with Crippen molar-refractivity contribution < 1.29 is 4.74 Å². The first kappa shape index (κ1) is 14.0. The van der Waals surface area contributed by atoms with Crippen LogP contribution in [0.4, 0.5) is 0 Å². The zero-order chi connectivity index (χ0) is 12.0. The van der Waals surface area contributed by atoms with Gasteiger partial charge in [-0.25, -0.2) is 0 Å². The topological polar surface area (TPSA) is 21.3 Å². The number of nitrogens with one attached hydrogen (secondary N) is 1. The molecule has 0 aliphatic carbocycles. The molecule has 0 aliphatic rings. The molecule has 4 heteroatoms. The van der Waals surface area contributed by atoms with Crippen LogP contribution in [0.2, 0.25) is 5.02 Å². The van der Waals surface area contributed by atoms with Crippen molar-refractivity contribution in [1.82, 2.24) is 5.32 Å². The molecule has 1 atom stereocenters. The average molecular weight is 307 g/mol. The Labute approximate surface area is 110 Å². The van der Waals surface area contributed by atoms with Gasteiger partial charge in [-0.1, -0.05) is 34.5 Å². The van der Waals surface area contributed by atoms with E-state index in [0.29, 0.717) is 6.61 Å². The molecule has 0 aromatic heterocycles. The van der Waals surface area contributed by atoms with E-state index in [1.807, 2.05) is 18.2 Å². The zero-order valence-electron chi connectivity index (χ0n) is 9.59.